The number of para-hydroxylation sites is 1. The minimum Gasteiger partial charge on any atom is -0.490 e. The van der Waals surface area contributed by atoms with Gasteiger partial charge in [-0.05, 0) is 63.4 Å². The average Bonchev–Trinajstić information content (AvgIpc) is 2.72. The number of carbonyl (C=O) groups excluding carboxylic acids is 2. The summed E-state index contributed by atoms with van der Waals surface area (Å²) in [5.74, 6) is 0.0869. The number of hydrogen-bond acceptors (Lipinski definition) is 5. The molecule has 6 heteroatoms. The van der Waals surface area contributed by atoms with Gasteiger partial charge in [-0.15, -0.1) is 0 Å². The van der Waals surface area contributed by atoms with E-state index in [1.165, 1.54) is 0 Å². The lowest BCUT2D eigenvalue weighted by Gasteiger charge is -2.17. The maximum Gasteiger partial charge on any atom is 0.339 e. The topological polar surface area (TPSA) is 73.9 Å². The van der Waals surface area contributed by atoms with Crippen molar-refractivity contribution in [2.24, 2.45) is 0 Å². The minimum absolute atomic E-state index is 0.299. The molecule has 0 saturated carbocycles. The predicted octanol–water partition coefficient (Wildman–Crippen LogP) is 5.07. The summed E-state index contributed by atoms with van der Waals surface area (Å²) in [5, 5.41) is 2.84. The molecule has 2 rings (SSSR count). The molecule has 1 N–H and O–H groups in total. The molecule has 0 aliphatic carbocycles. The molecule has 0 unspecified atom stereocenters. The molecule has 162 valence electrons. The number of aryl methyl sites for hydroxylation is 2. The number of amides is 1. The SMILES string of the molecule is CCCCOc1ccc(C(=O)O[C@H](C)C(=O)Nc2c(C)cccc2C)cc1OCC. The van der Waals surface area contributed by atoms with Crippen LogP contribution in [0.15, 0.2) is 36.4 Å². The molecule has 1 atom stereocenters. The molecule has 2 aromatic carbocycles. The zero-order valence-corrected chi connectivity index (χ0v) is 18.4. The molecule has 0 radical (unpaired) electrons. The van der Waals surface area contributed by atoms with Crippen LogP contribution in [0.25, 0.3) is 0 Å². The molecular formula is C24H31NO5. The minimum atomic E-state index is -0.951. The zero-order chi connectivity index (χ0) is 22.1. The van der Waals surface area contributed by atoms with Crippen molar-refractivity contribution in [3.63, 3.8) is 0 Å². The van der Waals surface area contributed by atoms with E-state index in [2.05, 4.69) is 12.2 Å². The fourth-order valence-corrected chi connectivity index (χ4v) is 2.87. The highest BCUT2D eigenvalue weighted by Crippen LogP contribution is 2.29. The molecule has 0 aliphatic rings. The Morgan fingerprint density at radius 3 is 2.33 bits per heavy atom. The van der Waals surface area contributed by atoms with Crippen molar-refractivity contribution in [2.45, 2.75) is 53.6 Å². The van der Waals surface area contributed by atoms with Gasteiger partial charge in [0.05, 0.1) is 18.8 Å². The molecule has 2 aromatic rings. The van der Waals surface area contributed by atoms with E-state index >= 15 is 0 Å². The first-order chi connectivity index (χ1) is 14.4. The Kier molecular flexibility index (Phi) is 8.71. The van der Waals surface area contributed by atoms with Gasteiger partial charge >= 0.3 is 5.97 Å². The van der Waals surface area contributed by atoms with Crippen molar-refractivity contribution in [3.05, 3.63) is 53.1 Å². The highest BCUT2D eigenvalue weighted by Gasteiger charge is 2.21. The third kappa shape index (κ3) is 6.24. The quantitative estimate of drug-likeness (QED) is 0.435. The molecule has 0 bridgehead atoms. The Morgan fingerprint density at radius 2 is 1.70 bits per heavy atom. The maximum atomic E-state index is 12.6. The number of esters is 1. The summed E-state index contributed by atoms with van der Waals surface area (Å²) < 4.78 is 16.7. The fraction of sp³-hybridized carbons (Fsp3) is 0.417. The van der Waals surface area contributed by atoms with Gasteiger partial charge in [-0.1, -0.05) is 31.5 Å². The second kappa shape index (κ2) is 11.2. The van der Waals surface area contributed by atoms with E-state index in [9.17, 15) is 9.59 Å². The normalized spacial score (nSPS) is 11.5. The number of ether oxygens (including phenoxy) is 3. The number of unbranched alkanes of at least 4 members (excludes halogenated alkanes) is 1. The van der Waals surface area contributed by atoms with Gasteiger partial charge in [0.2, 0.25) is 0 Å². The Morgan fingerprint density at radius 1 is 1.00 bits per heavy atom. The Balaban J connectivity index is 2.06. The van der Waals surface area contributed by atoms with E-state index in [-0.39, 0.29) is 5.91 Å². The fourth-order valence-electron chi connectivity index (χ4n) is 2.87. The van der Waals surface area contributed by atoms with Crippen LogP contribution in [0, 0.1) is 13.8 Å². The summed E-state index contributed by atoms with van der Waals surface area (Å²) in [6.07, 6.45) is 1.01. The molecule has 0 spiro atoms. The van der Waals surface area contributed by atoms with Crippen LogP contribution in [0.4, 0.5) is 5.69 Å². The molecule has 0 heterocycles. The smallest absolute Gasteiger partial charge is 0.339 e. The standard InChI is InChI=1S/C24H31NO5/c1-6-8-14-29-20-13-12-19(15-21(20)28-7-2)24(27)30-18(5)23(26)25-22-16(3)10-9-11-17(22)4/h9-13,15,18H,6-8,14H2,1-5H3,(H,25,26)/t18-/m1/s1. The Bertz CT molecular complexity index is 858. The van der Waals surface area contributed by atoms with Crippen LogP contribution in [-0.2, 0) is 9.53 Å². The second-order valence-electron chi connectivity index (χ2n) is 7.10. The van der Waals surface area contributed by atoms with Gasteiger partial charge in [-0.2, -0.15) is 0 Å². The number of anilines is 1. The van der Waals surface area contributed by atoms with Crippen molar-refractivity contribution >= 4 is 17.6 Å². The first-order valence-electron chi connectivity index (χ1n) is 10.3. The van der Waals surface area contributed by atoms with Crippen molar-refractivity contribution < 1.29 is 23.8 Å². The summed E-state index contributed by atoms with van der Waals surface area (Å²) in [6, 6.07) is 10.6. The summed E-state index contributed by atoms with van der Waals surface area (Å²) >= 11 is 0. The van der Waals surface area contributed by atoms with Gasteiger partial charge in [-0.3, -0.25) is 4.79 Å². The molecule has 30 heavy (non-hydrogen) atoms. The van der Waals surface area contributed by atoms with E-state index in [0.717, 1.165) is 29.7 Å². The largest absolute Gasteiger partial charge is 0.490 e. The number of hydrogen-bond donors (Lipinski definition) is 1. The lowest BCUT2D eigenvalue weighted by Crippen LogP contribution is -2.30. The van der Waals surface area contributed by atoms with Gasteiger partial charge < -0.3 is 19.5 Å². The number of benzene rings is 2. The lowest BCUT2D eigenvalue weighted by molar-refractivity contribution is -0.123. The van der Waals surface area contributed by atoms with Crippen molar-refractivity contribution in [1.82, 2.24) is 0 Å². The Hall–Kier alpha value is -3.02. The molecule has 6 nitrogen and oxygen atoms in total. The van der Waals surface area contributed by atoms with E-state index in [0.29, 0.717) is 30.3 Å². The van der Waals surface area contributed by atoms with E-state index < -0.39 is 12.1 Å². The van der Waals surface area contributed by atoms with Gasteiger partial charge in [0.1, 0.15) is 0 Å². The van der Waals surface area contributed by atoms with E-state index in [4.69, 9.17) is 14.2 Å². The first kappa shape index (κ1) is 23.3. The lowest BCUT2D eigenvalue weighted by atomic mass is 10.1. The van der Waals surface area contributed by atoms with Gasteiger partial charge in [0.15, 0.2) is 17.6 Å². The zero-order valence-electron chi connectivity index (χ0n) is 18.4. The third-order valence-electron chi connectivity index (χ3n) is 4.62. The van der Waals surface area contributed by atoms with E-state index in [1.807, 2.05) is 39.0 Å². The Labute approximate surface area is 178 Å². The highest BCUT2D eigenvalue weighted by atomic mass is 16.5. The van der Waals surface area contributed by atoms with Crippen LogP contribution in [0.3, 0.4) is 0 Å². The average molecular weight is 414 g/mol. The van der Waals surface area contributed by atoms with Gasteiger partial charge in [-0.25, -0.2) is 4.79 Å². The van der Waals surface area contributed by atoms with Crippen molar-refractivity contribution in [2.75, 3.05) is 18.5 Å². The number of carbonyl (C=O) groups is 2. The van der Waals surface area contributed by atoms with Crippen molar-refractivity contribution in [1.29, 1.82) is 0 Å². The maximum absolute atomic E-state index is 12.6. The molecule has 1 amide bonds. The van der Waals surface area contributed by atoms with Crippen LogP contribution in [-0.4, -0.2) is 31.2 Å². The summed E-state index contributed by atoms with van der Waals surface area (Å²) in [4.78, 5) is 25.1. The first-order valence-corrected chi connectivity index (χ1v) is 10.3. The number of nitrogens with one attached hydrogen (secondary N) is 1. The van der Waals surface area contributed by atoms with Crippen LogP contribution in [0.2, 0.25) is 0 Å². The van der Waals surface area contributed by atoms with E-state index in [1.54, 1.807) is 25.1 Å². The van der Waals surface area contributed by atoms with Crippen LogP contribution in [0.5, 0.6) is 11.5 Å². The third-order valence-corrected chi connectivity index (χ3v) is 4.62. The van der Waals surface area contributed by atoms with Crippen LogP contribution < -0.4 is 14.8 Å². The molecular weight excluding hydrogens is 382 g/mol. The van der Waals surface area contributed by atoms with Crippen LogP contribution in [0.1, 0.15) is 55.1 Å². The van der Waals surface area contributed by atoms with Gasteiger partial charge in [0.25, 0.3) is 5.91 Å². The summed E-state index contributed by atoms with van der Waals surface area (Å²) in [7, 11) is 0. The van der Waals surface area contributed by atoms with Gasteiger partial charge in [0, 0.05) is 5.69 Å². The molecule has 0 fully saturated rings. The molecule has 0 aromatic heterocycles. The molecule has 0 saturated heterocycles. The monoisotopic (exact) mass is 413 g/mol. The highest BCUT2D eigenvalue weighted by molar-refractivity contribution is 5.98. The van der Waals surface area contributed by atoms with Crippen molar-refractivity contribution in [3.8, 4) is 11.5 Å². The second-order valence-corrected chi connectivity index (χ2v) is 7.10. The summed E-state index contributed by atoms with van der Waals surface area (Å²) in [6.45, 7) is 10.3. The number of rotatable bonds is 10. The van der Waals surface area contributed by atoms with Crippen LogP contribution >= 0.6 is 0 Å². The molecule has 0 aliphatic heterocycles. The predicted molar refractivity (Wildman–Crippen MR) is 117 cm³/mol. The summed E-state index contributed by atoms with van der Waals surface area (Å²) in [5.41, 5.74) is 2.93.